The molecule has 0 saturated carbocycles. The van der Waals surface area contributed by atoms with Crippen LogP contribution in [0.1, 0.15) is 48.0 Å². The first-order valence-corrected chi connectivity index (χ1v) is 10.9. The Morgan fingerprint density at radius 3 is 2.66 bits per heavy atom. The maximum absolute atomic E-state index is 13.4. The van der Waals surface area contributed by atoms with Crippen LogP contribution in [0.5, 0.6) is 11.5 Å². The average Bonchev–Trinajstić information content (AvgIpc) is 3.15. The fraction of sp³-hybridized carbons (Fsp3) is 0.619. The third-order valence-electron chi connectivity index (χ3n) is 6.05. The van der Waals surface area contributed by atoms with Crippen molar-refractivity contribution in [3.8, 4) is 11.5 Å². The average molecular weight is 421 g/mol. The van der Waals surface area contributed by atoms with Crippen LogP contribution < -0.4 is 14.8 Å². The summed E-state index contributed by atoms with van der Waals surface area (Å²) < 4.78 is 15.9. The minimum Gasteiger partial charge on any atom is -0.493 e. The smallest absolute Gasteiger partial charge is 0.260 e. The summed E-state index contributed by atoms with van der Waals surface area (Å²) in [6.45, 7) is 6.17. The number of carbonyl (C=O) groups excluding carboxylic acids is 2. The summed E-state index contributed by atoms with van der Waals surface area (Å²) in [5.74, 6) is 1.11. The van der Waals surface area contributed by atoms with Gasteiger partial charge in [0.15, 0.2) is 11.5 Å². The summed E-state index contributed by atoms with van der Waals surface area (Å²) in [7, 11) is 3.08. The molecule has 2 atom stereocenters. The minimum absolute atomic E-state index is 0.0939. The minimum atomic E-state index is -0.548. The molecule has 1 aromatic carbocycles. The molecule has 158 valence electrons. The largest absolute Gasteiger partial charge is 0.493 e. The Morgan fingerprint density at radius 2 is 2.00 bits per heavy atom. The number of thioether (sulfide) groups is 1. The van der Waals surface area contributed by atoms with Gasteiger partial charge in [-0.1, -0.05) is 6.07 Å². The Balaban J connectivity index is 1.60. The standard InChI is InChI=1S/C21H28N2O5S/c1-21(2)17(18(24)22-11-12-7-9-28-10-8-12)23-19(25)15-13(20(23)29-21)5-6-14(26-3)16(15)27-4/h5-6,12,17,20H,7-11H2,1-4H3,(H,22,24)/t17-,20+/m1/s1. The van der Waals surface area contributed by atoms with Crippen LogP contribution in [0, 0.1) is 5.92 Å². The number of amides is 2. The van der Waals surface area contributed by atoms with Gasteiger partial charge in [-0.25, -0.2) is 0 Å². The molecule has 29 heavy (non-hydrogen) atoms. The summed E-state index contributed by atoms with van der Waals surface area (Å²) in [5, 5.41) is 2.90. The second-order valence-electron chi connectivity index (χ2n) is 8.25. The van der Waals surface area contributed by atoms with Crippen molar-refractivity contribution in [1.82, 2.24) is 10.2 Å². The molecule has 0 unspecified atom stereocenters. The summed E-state index contributed by atoms with van der Waals surface area (Å²) in [6, 6.07) is 3.18. The monoisotopic (exact) mass is 420 g/mol. The van der Waals surface area contributed by atoms with Crippen molar-refractivity contribution in [3.63, 3.8) is 0 Å². The van der Waals surface area contributed by atoms with Crippen LogP contribution in [0.2, 0.25) is 0 Å². The first-order valence-electron chi connectivity index (χ1n) is 10.00. The van der Waals surface area contributed by atoms with Crippen molar-refractivity contribution >= 4 is 23.6 Å². The maximum atomic E-state index is 13.4. The van der Waals surface area contributed by atoms with Gasteiger partial charge in [0, 0.05) is 30.1 Å². The van der Waals surface area contributed by atoms with E-state index in [9.17, 15) is 9.59 Å². The Kier molecular flexibility index (Phi) is 5.42. The molecule has 0 aromatic heterocycles. The Morgan fingerprint density at radius 1 is 1.28 bits per heavy atom. The van der Waals surface area contributed by atoms with E-state index in [-0.39, 0.29) is 17.2 Å². The van der Waals surface area contributed by atoms with Crippen molar-refractivity contribution in [2.45, 2.75) is 42.9 Å². The van der Waals surface area contributed by atoms with Gasteiger partial charge in [-0.2, -0.15) is 0 Å². The zero-order valence-electron chi connectivity index (χ0n) is 17.3. The predicted octanol–water partition coefficient (Wildman–Crippen LogP) is 2.60. The highest BCUT2D eigenvalue weighted by Crippen LogP contribution is 2.58. The van der Waals surface area contributed by atoms with Crippen LogP contribution >= 0.6 is 11.8 Å². The van der Waals surface area contributed by atoms with Crippen LogP contribution in [-0.2, 0) is 9.53 Å². The van der Waals surface area contributed by atoms with Gasteiger partial charge < -0.3 is 24.4 Å². The first-order chi connectivity index (χ1) is 13.9. The van der Waals surface area contributed by atoms with Crippen LogP contribution in [0.15, 0.2) is 12.1 Å². The van der Waals surface area contributed by atoms with E-state index in [4.69, 9.17) is 14.2 Å². The molecule has 0 aliphatic carbocycles. The molecule has 0 radical (unpaired) electrons. The van der Waals surface area contributed by atoms with E-state index in [1.807, 2.05) is 26.0 Å². The molecule has 8 heteroatoms. The number of methoxy groups -OCH3 is 2. The molecule has 4 rings (SSSR count). The number of nitrogens with zero attached hydrogens (tertiary/aromatic N) is 1. The highest BCUT2D eigenvalue weighted by atomic mass is 32.2. The maximum Gasteiger partial charge on any atom is 0.260 e. The molecule has 2 saturated heterocycles. The Bertz CT molecular complexity index is 822. The number of nitrogens with one attached hydrogen (secondary N) is 1. The molecular weight excluding hydrogens is 392 g/mol. The molecule has 1 aromatic rings. The zero-order chi connectivity index (χ0) is 20.8. The molecule has 7 nitrogen and oxygen atoms in total. The lowest BCUT2D eigenvalue weighted by molar-refractivity contribution is -0.126. The third-order valence-corrected chi connectivity index (χ3v) is 7.59. The van der Waals surface area contributed by atoms with E-state index in [1.54, 1.807) is 23.8 Å². The molecule has 1 N–H and O–H groups in total. The number of ether oxygens (including phenoxy) is 3. The van der Waals surface area contributed by atoms with Crippen molar-refractivity contribution in [1.29, 1.82) is 0 Å². The predicted molar refractivity (Wildman–Crippen MR) is 110 cm³/mol. The normalized spacial score (nSPS) is 25.5. The summed E-state index contributed by atoms with van der Waals surface area (Å²) >= 11 is 1.64. The molecular formula is C21H28N2O5S. The van der Waals surface area contributed by atoms with Crippen LogP contribution in [-0.4, -0.2) is 61.5 Å². The second-order valence-corrected chi connectivity index (χ2v) is 9.99. The SMILES string of the molecule is COc1ccc2c(c1OC)C(=O)N1[C@H]2SC(C)(C)[C@H]1C(=O)NCC1CCOCC1. The van der Waals surface area contributed by atoms with E-state index < -0.39 is 10.8 Å². The van der Waals surface area contributed by atoms with E-state index in [1.165, 1.54) is 7.11 Å². The van der Waals surface area contributed by atoms with Crippen molar-refractivity contribution < 1.29 is 23.8 Å². The van der Waals surface area contributed by atoms with Crippen molar-refractivity contribution in [3.05, 3.63) is 23.3 Å². The number of benzene rings is 1. The summed E-state index contributed by atoms with van der Waals surface area (Å²) in [6.07, 6.45) is 1.91. The Hall–Kier alpha value is -1.93. The third kappa shape index (κ3) is 3.36. The number of carbonyl (C=O) groups is 2. The first kappa shape index (κ1) is 20.3. The van der Waals surface area contributed by atoms with E-state index in [2.05, 4.69) is 5.32 Å². The number of hydrogen-bond acceptors (Lipinski definition) is 6. The molecule has 3 aliphatic heterocycles. The molecule has 0 bridgehead atoms. The Labute approximate surface area is 175 Å². The van der Waals surface area contributed by atoms with Crippen molar-refractivity contribution in [2.24, 2.45) is 5.92 Å². The molecule has 3 heterocycles. The summed E-state index contributed by atoms with van der Waals surface area (Å²) in [5.41, 5.74) is 1.38. The molecule has 3 aliphatic rings. The van der Waals surface area contributed by atoms with Crippen LogP contribution in [0.4, 0.5) is 0 Å². The van der Waals surface area contributed by atoms with Gasteiger partial charge in [0.1, 0.15) is 11.4 Å². The lowest BCUT2D eigenvalue weighted by atomic mass is 9.98. The molecule has 0 spiro atoms. The topological polar surface area (TPSA) is 77.1 Å². The van der Waals surface area contributed by atoms with E-state index in [0.717, 1.165) is 31.6 Å². The molecule has 2 fully saturated rings. The fourth-order valence-electron chi connectivity index (χ4n) is 4.55. The second kappa shape index (κ2) is 7.72. The van der Waals surface area contributed by atoms with Gasteiger partial charge in [-0.3, -0.25) is 9.59 Å². The van der Waals surface area contributed by atoms with Crippen molar-refractivity contribution in [2.75, 3.05) is 34.0 Å². The van der Waals surface area contributed by atoms with Gasteiger partial charge >= 0.3 is 0 Å². The fourth-order valence-corrected chi connectivity index (χ4v) is 6.13. The van der Waals surface area contributed by atoms with Gasteiger partial charge in [0.2, 0.25) is 5.91 Å². The number of fused-ring (bicyclic) bond motifs is 3. The van der Waals surface area contributed by atoms with Crippen LogP contribution in [0.3, 0.4) is 0 Å². The van der Waals surface area contributed by atoms with Gasteiger partial charge in [0.25, 0.3) is 5.91 Å². The van der Waals surface area contributed by atoms with Gasteiger partial charge in [-0.05, 0) is 38.7 Å². The quantitative estimate of drug-likeness (QED) is 0.789. The van der Waals surface area contributed by atoms with E-state index >= 15 is 0 Å². The zero-order valence-corrected chi connectivity index (χ0v) is 18.1. The van der Waals surface area contributed by atoms with E-state index in [0.29, 0.717) is 29.5 Å². The lowest BCUT2D eigenvalue weighted by Crippen LogP contribution is -2.53. The molecule has 2 amide bonds. The number of hydrogen-bond donors (Lipinski definition) is 1. The highest BCUT2D eigenvalue weighted by Gasteiger charge is 2.58. The van der Waals surface area contributed by atoms with Crippen LogP contribution in [0.25, 0.3) is 0 Å². The van der Waals surface area contributed by atoms with Gasteiger partial charge in [-0.15, -0.1) is 11.8 Å². The van der Waals surface area contributed by atoms with Gasteiger partial charge in [0.05, 0.1) is 19.8 Å². The summed E-state index contributed by atoms with van der Waals surface area (Å²) in [4.78, 5) is 28.3. The lowest BCUT2D eigenvalue weighted by Gasteiger charge is -2.30. The highest BCUT2D eigenvalue weighted by molar-refractivity contribution is 8.01. The number of rotatable bonds is 5.